The summed E-state index contributed by atoms with van der Waals surface area (Å²) >= 11 is 4.37. The highest BCUT2D eigenvalue weighted by Gasteiger charge is 2.23. The van der Waals surface area contributed by atoms with Crippen LogP contribution >= 0.6 is 34.9 Å². The van der Waals surface area contributed by atoms with Crippen LogP contribution in [0.5, 0.6) is 0 Å². The van der Waals surface area contributed by atoms with Gasteiger partial charge in [-0.15, -0.1) is 33.3 Å². The van der Waals surface area contributed by atoms with Crippen molar-refractivity contribution < 1.29 is 14.3 Å². The normalized spacial score (nSPS) is 10.9. The second-order valence-electron chi connectivity index (χ2n) is 8.22. The van der Waals surface area contributed by atoms with Crippen molar-refractivity contribution in [3.63, 3.8) is 0 Å². The fraction of sp³-hybridized carbons (Fsp3) is 0.259. The second kappa shape index (κ2) is 12.4. The Morgan fingerprint density at radius 3 is 2.43 bits per heavy atom. The highest BCUT2D eigenvalue weighted by atomic mass is 32.2. The van der Waals surface area contributed by atoms with Gasteiger partial charge in [0, 0.05) is 15.5 Å². The van der Waals surface area contributed by atoms with Crippen LogP contribution in [0.3, 0.4) is 0 Å². The molecule has 1 amide bonds. The molecule has 0 aliphatic heterocycles. The van der Waals surface area contributed by atoms with Crippen LogP contribution in [0.25, 0.3) is 5.69 Å². The largest absolute Gasteiger partial charge is 0.462 e. The van der Waals surface area contributed by atoms with Crippen LogP contribution < -0.4 is 5.32 Å². The predicted octanol–water partition coefficient (Wildman–Crippen LogP) is 6.45. The fourth-order valence-electron chi connectivity index (χ4n) is 3.56. The van der Waals surface area contributed by atoms with E-state index in [1.165, 1.54) is 28.7 Å². The van der Waals surface area contributed by atoms with E-state index < -0.39 is 5.97 Å². The summed E-state index contributed by atoms with van der Waals surface area (Å²) in [6, 6.07) is 18.3. The van der Waals surface area contributed by atoms with Gasteiger partial charge in [0.25, 0.3) is 0 Å². The van der Waals surface area contributed by atoms with Gasteiger partial charge >= 0.3 is 5.97 Å². The number of esters is 1. The van der Waals surface area contributed by atoms with Gasteiger partial charge in [0.05, 0.1) is 23.7 Å². The minimum Gasteiger partial charge on any atom is -0.462 e. The third-order valence-electron chi connectivity index (χ3n) is 5.55. The third kappa shape index (κ3) is 6.63. The summed E-state index contributed by atoms with van der Waals surface area (Å²) in [4.78, 5) is 27.5. The van der Waals surface area contributed by atoms with Crippen LogP contribution in [0.4, 0.5) is 5.00 Å². The lowest BCUT2D eigenvalue weighted by Gasteiger charge is -2.10. The van der Waals surface area contributed by atoms with Gasteiger partial charge in [0.15, 0.2) is 5.16 Å². The molecule has 0 radical (unpaired) electrons. The van der Waals surface area contributed by atoms with Crippen molar-refractivity contribution in [3.8, 4) is 5.69 Å². The van der Waals surface area contributed by atoms with Crippen molar-refractivity contribution in [2.24, 2.45) is 0 Å². The number of carbonyl (C=O) groups is 2. The first kappa shape index (κ1) is 27.0. The van der Waals surface area contributed by atoms with Gasteiger partial charge in [-0.25, -0.2) is 4.79 Å². The molecule has 2 aromatic carbocycles. The third-order valence-corrected chi connectivity index (χ3v) is 8.61. The maximum atomic E-state index is 12.9. The zero-order valence-electron chi connectivity index (χ0n) is 21.1. The molecule has 192 valence electrons. The number of thiophene rings is 1. The van der Waals surface area contributed by atoms with Crippen molar-refractivity contribution in [3.05, 3.63) is 82.0 Å². The Hall–Kier alpha value is -3.08. The van der Waals surface area contributed by atoms with Crippen LogP contribution in [0.15, 0.2) is 64.6 Å². The number of nitrogens with zero attached hydrogens (tertiary/aromatic N) is 3. The van der Waals surface area contributed by atoms with Gasteiger partial charge in [-0.2, -0.15) is 0 Å². The number of carbonyl (C=O) groups excluding carboxylic acids is 2. The topological polar surface area (TPSA) is 86.1 Å². The van der Waals surface area contributed by atoms with Gasteiger partial charge in [-0.1, -0.05) is 47.7 Å². The van der Waals surface area contributed by atoms with Gasteiger partial charge in [-0.05, 0) is 57.5 Å². The van der Waals surface area contributed by atoms with E-state index in [2.05, 4.69) is 46.7 Å². The first-order valence-electron chi connectivity index (χ1n) is 11.8. The summed E-state index contributed by atoms with van der Waals surface area (Å²) in [5.74, 6) is 0.901. The summed E-state index contributed by atoms with van der Waals surface area (Å²) in [7, 11) is 0. The zero-order valence-corrected chi connectivity index (χ0v) is 23.6. The van der Waals surface area contributed by atoms with Gasteiger partial charge < -0.3 is 10.1 Å². The number of aryl methyl sites for hydroxylation is 2. The van der Waals surface area contributed by atoms with E-state index >= 15 is 0 Å². The van der Waals surface area contributed by atoms with Crippen molar-refractivity contribution in [1.82, 2.24) is 14.8 Å². The number of benzene rings is 2. The van der Waals surface area contributed by atoms with Crippen molar-refractivity contribution in [1.29, 1.82) is 0 Å². The molecule has 0 saturated carbocycles. The van der Waals surface area contributed by atoms with Crippen LogP contribution in [0, 0.1) is 20.8 Å². The van der Waals surface area contributed by atoms with E-state index in [1.54, 1.807) is 18.7 Å². The van der Waals surface area contributed by atoms with Crippen LogP contribution in [0.2, 0.25) is 0 Å². The van der Waals surface area contributed by atoms with E-state index in [9.17, 15) is 9.59 Å². The quantitative estimate of drug-likeness (QED) is 0.179. The number of hydrogen-bond acceptors (Lipinski definition) is 8. The van der Waals surface area contributed by atoms with Crippen LogP contribution in [-0.4, -0.2) is 39.0 Å². The molecule has 7 nitrogen and oxygen atoms in total. The minimum absolute atomic E-state index is 0.119. The minimum atomic E-state index is -0.424. The molecular formula is C27H28N4O3S3. The van der Waals surface area contributed by atoms with E-state index in [-0.39, 0.29) is 18.3 Å². The van der Waals surface area contributed by atoms with Gasteiger partial charge in [-0.3, -0.25) is 9.36 Å². The molecule has 0 spiro atoms. The van der Waals surface area contributed by atoms with Crippen LogP contribution in [-0.2, 0) is 15.3 Å². The maximum Gasteiger partial charge on any atom is 0.341 e. The molecule has 0 saturated heterocycles. The van der Waals surface area contributed by atoms with Crippen molar-refractivity contribution in [2.75, 3.05) is 17.7 Å². The van der Waals surface area contributed by atoms with E-state index in [4.69, 9.17) is 4.74 Å². The highest BCUT2D eigenvalue weighted by molar-refractivity contribution is 7.99. The summed E-state index contributed by atoms with van der Waals surface area (Å²) in [6.07, 6.45) is 0. The Kier molecular flexibility index (Phi) is 9.07. The number of para-hydroxylation sites is 1. The fourth-order valence-corrected chi connectivity index (χ4v) is 6.21. The molecule has 1 N–H and O–H groups in total. The predicted molar refractivity (Wildman–Crippen MR) is 151 cm³/mol. The number of anilines is 1. The molecule has 10 heteroatoms. The Labute approximate surface area is 229 Å². The first-order valence-corrected chi connectivity index (χ1v) is 14.5. The van der Waals surface area contributed by atoms with Crippen LogP contribution in [0.1, 0.15) is 39.1 Å². The number of ether oxygens (including phenoxy) is 1. The van der Waals surface area contributed by atoms with Gasteiger partial charge in [0.1, 0.15) is 10.8 Å². The Bertz CT molecular complexity index is 1380. The Morgan fingerprint density at radius 1 is 1.00 bits per heavy atom. The molecule has 0 atom stereocenters. The SMILES string of the molecule is CCOC(=O)c1c(NC(=O)CSc2nnc(CSc3ccc(C)cc3)n2-c2ccccc2)sc(C)c1C. The monoisotopic (exact) mass is 552 g/mol. The number of aromatic nitrogens is 3. The van der Waals surface area contributed by atoms with E-state index in [0.717, 1.165) is 26.8 Å². The number of hydrogen-bond donors (Lipinski definition) is 1. The number of rotatable bonds is 10. The summed E-state index contributed by atoms with van der Waals surface area (Å²) < 4.78 is 7.18. The van der Waals surface area contributed by atoms with Crippen molar-refractivity contribution in [2.45, 2.75) is 43.5 Å². The van der Waals surface area contributed by atoms with Gasteiger partial charge in [0.2, 0.25) is 5.91 Å². The number of nitrogens with one attached hydrogen (secondary N) is 1. The smallest absolute Gasteiger partial charge is 0.341 e. The lowest BCUT2D eigenvalue weighted by Crippen LogP contribution is -2.17. The molecule has 2 heterocycles. The standard InChI is InChI=1S/C27H28N4O3S3/c1-5-34-26(33)24-18(3)19(4)37-25(24)28-23(32)16-36-27-30-29-22(31(27)20-9-7-6-8-10-20)15-35-21-13-11-17(2)12-14-21/h6-14H,5,15-16H2,1-4H3,(H,28,32). The lowest BCUT2D eigenvalue weighted by molar-refractivity contribution is -0.113. The second-order valence-corrected chi connectivity index (χ2v) is 11.4. The first-order chi connectivity index (χ1) is 17.9. The Balaban J connectivity index is 1.49. The van der Waals surface area contributed by atoms with E-state index in [1.807, 2.05) is 48.7 Å². The number of thioether (sulfide) groups is 2. The Morgan fingerprint density at radius 2 is 1.73 bits per heavy atom. The molecule has 0 aliphatic rings. The average molecular weight is 553 g/mol. The molecule has 4 aromatic rings. The van der Waals surface area contributed by atoms with E-state index in [0.29, 0.717) is 21.5 Å². The molecule has 0 aliphatic carbocycles. The summed E-state index contributed by atoms with van der Waals surface area (Å²) in [6.45, 7) is 7.89. The summed E-state index contributed by atoms with van der Waals surface area (Å²) in [5, 5.41) is 12.9. The molecular weight excluding hydrogens is 525 g/mol. The molecule has 2 aromatic heterocycles. The highest BCUT2D eigenvalue weighted by Crippen LogP contribution is 2.33. The average Bonchev–Trinajstić information content (AvgIpc) is 3.42. The lowest BCUT2D eigenvalue weighted by atomic mass is 10.1. The molecule has 37 heavy (non-hydrogen) atoms. The maximum absolute atomic E-state index is 12.9. The number of amides is 1. The van der Waals surface area contributed by atoms with Crippen molar-refractivity contribution >= 4 is 51.7 Å². The molecule has 0 bridgehead atoms. The molecule has 4 rings (SSSR count). The molecule has 0 unspecified atom stereocenters. The molecule has 0 fully saturated rings. The zero-order chi connectivity index (χ0) is 26.4. The summed E-state index contributed by atoms with van der Waals surface area (Å²) in [5.41, 5.74) is 3.40.